The molecule has 0 aromatic carbocycles. The van der Waals surface area contributed by atoms with Crippen LogP contribution in [0.4, 0.5) is 0 Å². The Bertz CT molecular complexity index is 589. The molecule has 3 heterocycles. The van der Waals surface area contributed by atoms with Crippen molar-refractivity contribution in [3.8, 4) is 0 Å². The molecule has 0 unspecified atom stereocenters. The lowest BCUT2D eigenvalue weighted by molar-refractivity contribution is -0.137. The van der Waals surface area contributed by atoms with Crippen LogP contribution in [0.2, 0.25) is 0 Å². The zero-order valence-electron chi connectivity index (χ0n) is 14.9. The monoisotopic (exact) mass is 349 g/mol. The molecule has 0 spiro atoms. The van der Waals surface area contributed by atoms with Gasteiger partial charge in [-0.1, -0.05) is 5.16 Å². The molecule has 1 atom stereocenters. The number of carbonyl (C=O) groups is 1. The predicted molar refractivity (Wildman–Crippen MR) is 90.1 cm³/mol. The zero-order valence-corrected chi connectivity index (χ0v) is 14.9. The zero-order chi connectivity index (χ0) is 17.2. The Kier molecular flexibility index (Phi) is 5.00. The van der Waals surface area contributed by atoms with E-state index in [0.717, 1.165) is 51.0 Å². The van der Waals surface area contributed by atoms with Gasteiger partial charge in [0.25, 0.3) is 0 Å². The summed E-state index contributed by atoms with van der Waals surface area (Å²) in [6.45, 7) is 9.00. The fourth-order valence-corrected chi connectivity index (χ4v) is 3.49. The second kappa shape index (κ2) is 7.39. The second-order valence-electron chi connectivity index (χ2n) is 7.25. The standard InChI is InChI=1S/C17H27N5O3/c1-13(17-18-16(19-25-17)14-2-3-14)21-6-4-20(5-7-21)12-15(23)22-8-10-24-11-9-22/h13-14H,2-12H2,1H3/t13-/m1/s1. The van der Waals surface area contributed by atoms with Gasteiger partial charge in [0.2, 0.25) is 11.8 Å². The van der Waals surface area contributed by atoms with Gasteiger partial charge in [0, 0.05) is 45.2 Å². The Morgan fingerprint density at radius 2 is 1.88 bits per heavy atom. The highest BCUT2D eigenvalue weighted by molar-refractivity contribution is 5.78. The molecular formula is C17H27N5O3. The van der Waals surface area contributed by atoms with Crippen molar-refractivity contribution in [2.75, 3.05) is 59.0 Å². The van der Waals surface area contributed by atoms with Crippen LogP contribution in [-0.2, 0) is 9.53 Å². The molecule has 1 amide bonds. The fourth-order valence-electron chi connectivity index (χ4n) is 3.49. The smallest absolute Gasteiger partial charge is 0.243 e. The lowest BCUT2D eigenvalue weighted by Crippen LogP contribution is -2.51. The van der Waals surface area contributed by atoms with Gasteiger partial charge in [-0.2, -0.15) is 4.98 Å². The average molecular weight is 349 g/mol. The molecule has 1 aliphatic carbocycles. The lowest BCUT2D eigenvalue weighted by Gasteiger charge is -2.37. The Morgan fingerprint density at radius 3 is 2.56 bits per heavy atom. The van der Waals surface area contributed by atoms with Crippen LogP contribution in [-0.4, -0.2) is 89.8 Å². The summed E-state index contributed by atoms with van der Waals surface area (Å²) in [5.41, 5.74) is 0. The average Bonchev–Trinajstić information content (AvgIpc) is 3.39. The van der Waals surface area contributed by atoms with Crippen molar-refractivity contribution in [3.63, 3.8) is 0 Å². The maximum atomic E-state index is 12.4. The number of aromatic nitrogens is 2. The van der Waals surface area contributed by atoms with E-state index in [9.17, 15) is 4.79 Å². The maximum Gasteiger partial charge on any atom is 0.243 e. The first kappa shape index (κ1) is 16.9. The van der Waals surface area contributed by atoms with Crippen molar-refractivity contribution in [1.82, 2.24) is 24.8 Å². The van der Waals surface area contributed by atoms with Crippen LogP contribution in [0.3, 0.4) is 0 Å². The van der Waals surface area contributed by atoms with E-state index in [2.05, 4.69) is 26.9 Å². The van der Waals surface area contributed by atoms with Gasteiger partial charge in [0.15, 0.2) is 5.82 Å². The predicted octanol–water partition coefficient (Wildman–Crippen LogP) is 0.484. The normalized spacial score (nSPS) is 24.4. The summed E-state index contributed by atoms with van der Waals surface area (Å²) in [4.78, 5) is 23.4. The molecule has 1 saturated carbocycles. The number of piperazine rings is 1. The number of ether oxygens (including phenoxy) is 1. The maximum absolute atomic E-state index is 12.4. The van der Waals surface area contributed by atoms with Gasteiger partial charge in [-0.3, -0.25) is 14.6 Å². The van der Waals surface area contributed by atoms with E-state index in [1.807, 2.05) is 4.90 Å². The highest BCUT2D eigenvalue weighted by Crippen LogP contribution is 2.38. The summed E-state index contributed by atoms with van der Waals surface area (Å²) in [5, 5.41) is 4.12. The number of amides is 1. The van der Waals surface area contributed by atoms with E-state index in [1.165, 1.54) is 12.8 Å². The largest absolute Gasteiger partial charge is 0.378 e. The first-order valence-electron chi connectivity index (χ1n) is 9.36. The first-order chi connectivity index (χ1) is 12.2. The highest BCUT2D eigenvalue weighted by atomic mass is 16.5. The van der Waals surface area contributed by atoms with Crippen molar-refractivity contribution >= 4 is 5.91 Å². The second-order valence-corrected chi connectivity index (χ2v) is 7.25. The van der Waals surface area contributed by atoms with Crippen molar-refractivity contribution in [1.29, 1.82) is 0 Å². The topological polar surface area (TPSA) is 74.9 Å². The lowest BCUT2D eigenvalue weighted by atomic mass is 10.2. The van der Waals surface area contributed by atoms with Crippen LogP contribution in [0.15, 0.2) is 4.52 Å². The number of morpholine rings is 1. The van der Waals surface area contributed by atoms with Crippen LogP contribution in [0.5, 0.6) is 0 Å². The summed E-state index contributed by atoms with van der Waals surface area (Å²) in [6, 6.07) is 0.136. The molecule has 138 valence electrons. The molecule has 0 bridgehead atoms. The minimum absolute atomic E-state index is 0.136. The molecule has 25 heavy (non-hydrogen) atoms. The van der Waals surface area contributed by atoms with Gasteiger partial charge in [0.1, 0.15) is 0 Å². The quantitative estimate of drug-likeness (QED) is 0.765. The molecule has 2 saturated heterocycles. The third-order valence-electron chi connectivity index (χ3n) is 5.43. The minimum Gasteiger partial charge on any atom is -0.378 e. The van der Waals surface area contributed by atoms with Crippen LogP contribution < -0.4 is 0 Å². The fraction of sp³-hybridized carbons (Fsp3) is 0.824. The molecule has 0 radical (unpaired) electrons. The van der Waals surface area contributed by atoms with Gasteiger partial charge in [-0.25, -0.2) is 0 Å². The van der Waals surface area contributed by atoms with Crippen LogP contribution in [0, 0.1) is 0 Å². The van der Waals surface area contributed by atoms with E-state index in [1.54, 1.807) is 0 Å². The summed E-state index contributed by atoms with van der Waals surface area (Å²) in [6.07, 6.45) is 2.37. The Hall–Kier alpha value is -1.51. The Morgan fingerprint density at radius 1 is 1.16 bits per heavy atom. The molecular weight excluding hydrogens is 322 g/mol. The molecule has 3 fully saturated rings. The number of hydrogen-bond donors (Lipinski definition) is 0. The number of hydrogen-bond acceptors (Lipinski definition) is 7. The third kappa shape index (κ3) is 4.02. The van der Waals surface area contributed by atoms with Gasteiger partial charge in [-0.05, 0) is 19.8 Å². The van der Waals surface area contributed by atoms with Crippen molar-refractivity contribution in [2.45, 2.75) is 31.7 Å². The van der Waals surface area contributed by atoms with E-state index in [0.29, 0.717) is 25.7 Å². The van der Waals surface area contributed by atoms with Crippen molar-refractivity contribution < 1.29 is 14.1 Å². The molecule has 2 aliphatic heterocycles. The van der Waals surface area contributed by atoms with Gasteiger partial charge < -0.3 is 14.2 Å². The molecule has 1 aromatic heterocycles. The van der Waals surface area contributed by atoms with E-state index in [4.69, 9.17) is 9.26 Å². The Balaban J connectivity index is 1.25. The summed E-state index contributed by atoms with van der Waals surface area (Å²) >= 11 is 0. The summed E-state index contributed by atoms with van der Waals surface area (Å²) in [7, 11) is 0. The van der Waals surface area contributed by atoms with Crippen molar-refractivity contribution in [3.05, 3.63) is 11.7 Å². The molecule has 8 heteroatoms. The third-order valence-corrected chi connectivity index (χ3v) is 5.43. The molecule has 3 aliphatic rings. The van der Waals surface area contributed by atoms with Crippen LogP contribution in [0.25, 0.3) is 0 Å². The highest BCUT2D eigenvalue weighted by Gasteiger charge is 2.32. The van der Waals surface area contributed by atoms with Gasteiger partial charge in [-0.15, -0.1) is 0 Å². The minimum atomic E-state index is 0.136. The SMILES string of the molecule is C[C@H](c1nc(C2CC2)no1)N1CCN(CC(=O)N2CCOCC2)CC1. The molecule has 8 nitrogen and oxygen atoms in total. The molecule has 1 aromatic rings. The van der Waals surface area contributed by atoms with Gasteiger partial charge >= 0.3 is 0 Å². The molecule has 4 rings (SSSR count). The summed E-state index contributed by atoms with van der Waals surface area (Å²) < 4.78 is 10.8. The molecule has 0 N–H and O–H groups in total. The number of carbonyl (C=O) groups excluding carboxylic acids is 1. The van der Waals surface area contributed by atoms with E-state index in [-0.39, 0.29) is 11.9 Å². The van der Waals surface area contributed by atoms with E-state index >= 15 is 0 Å². The number of nitrogens with zero attached hydrogens (tertiary/aromatic N) is 5. The van der Waals surface area contributed by atoms with Gasteiger partial charge in [0.05, 0.1) is 25.8 Å². The van der Waals surface area contributed by atoms with Crippen LogP contribution >= 0.6 is 0 Å². The van der Waals surface area contributed by atoms with Crippen molar-refractivity contribution in [2.24, 2.45) is 0 Å². The van der Waals surface area contributed by atoms with Crippen LogP contribution in [0.1, 0.15) is 43.4 Å². The number of rotatable bonds is 5. The summed E-state index contributed by atoms with van der Waals surface area (Å²) in [5.74, 6) is 2.33. The van der Waals surface area contributed by atoms with E-state index < -0.39 is 0 Å². The Labute approximate surface area is 148 Å². The first-order valence-corrected chi connectivity index (χ1v) is 9.36.